The standard InChI is InChI=1S/C19H28N2O5S/c1-3-14(2)17(19(23)24)20-18(22)16-10-7-11-21(12-16)27(25,26)13-15-8-5-4-6-9-15/h4-6,8-9,14,16-17H,3,7,10-13H2,1-2H3,(H,20,22)(H,23,24)/t14-,16?,17-/m0/s1. The molecule has 7 nitrogen and oxygen atoms in total. The normalized spacial score (nSPS) is 20.6. The SMILES string of the molecule is CC[C@H](C)[C@H](NC(=O)C1CCCN(S(=O)(=O)Cc2ccccc2)C1)C(=O)O. The van der Waals surface area contributed by atoms with E-state index in [1.54, 1.807) is 31.2 Å². The van der Waals surface area contributed by atoms with Gasteiger partial charge in [0.1, 0.15) is 6.04 Å². The molecule has 0 bridgehead atoms. The first-order valence-electron chi connectivity index (χ1n) is 9.29. The Kier molecular flexibility index (Phi) is 7.38. The zero-order valence-electron chi connectivity index (χ0n) is 15.8. The van der Waals surface area contributed by atoms with Crippen LogP contribution in [0.4, 0.5) is 0 Å². The Labute approximate surface area is 160 Å². The third-order valence-corrected chi connectivity index (χ3v) is 6.93. The molecule has 8 heteroatoms. The first kappa shape index (κ1) is 21.4. The summed E-state index contributed by atoms with van der Waals surface area (Å²) in [5.41, 5.74) is 0.701. The summed E-state index contributed by atoms with van der Waals surface area (Å²) in [6, 6.07) is 7.97. The summed E-state index contributed by atoms with van der Waals surface area (Å²) in [5.74, 6) is -2.29. The lowest BCUT2D eigenvalue weighted by Crippen LogP contribution is -2.51. The average Bonchev–Trinajstić information content (AvgIpc) is 2.65. The molecular weight excluding hydrogens is 368 g/mol. The second kappa shape index (κ2) is 9.32. The minimum Gasteiger partial charge on any atom is -0.480 e. The summed E-state index contributed by atoms with van der Waals surface area (Å²) in [6.07, 6.45) is 1.75. The van der Waals surface area contributed by atoms with Crippen LogP contribution in [0.3, 0.4) is 0 Å². The number of nitrogens with one attached hydrogen (secondary N) is 1. The van der Waals surface area contributed by atoms with Gasteiger partial charge in [-0.3, -0.25) is 4.79 Å². The smallest absolute Gasteiger partial charge is 0.326 e. The number of hydrogen-bond donors (Lipinski definition) is 2. The molecule has 2 N–H and O–H groups in total. The Balaban J connectivity index is 2.04. The number of nitrogens with zero attached hydrogens (tertiary/aromatic N) is 1. The fourth-order valence-electron chi connectivity index (χ4n) is 3.24. The van der Waals surface area contributed by atoms with Crippen LogP contribution < -0.4 is 5.32 Å². The molecule has 1 unspecified atom stereocenters. The van der Waals surface area contributed by atoms with Crippen LogP contribution in [0.5, 0.6) is 0 Å². The van der Waals surface area contributed by atoms with Crippen molar-refractivity contribution in [3.63, 3.8) is 0 Å². The highest BCUT2D eigenvalue weighted by molar-refractivity contribution is 7.88. The molecule has 0 saturated carbocycles. The lowest BCUT2D eigenvalue weighted by molar-refractivity contribution is -0.144. The van der Waals surface area contributed by atoms with Gasteiger partial charge < -0.3 is 10.4 Å². The number of hydrogen-bond acceptors (Lipinski definition) is 4. The van der Waals surface area contributed by atoms with Crippen molar-refractivity contribution in [1.82, 2.24) is 9.62 Å². The number of carbonyl (C=O) groups excluding carboxylic acids is 1. The Morgan fingerprint density at radius 3 is 2.56 bits per heavy atom. The minimum absolute atomic E-state index is 0.0911. The maximum absolute atomic E-state index is 12.7. The van der Waals surface area contributed by atoms with Gasteiger partial charge in [-0.2, -0.15) is 0 Å². The van der Waals surface area contributed by atoms with Crippen LogP contribution in [0.25, 0.3) is 0 Å². The van der Waals surface area contributed by atoms with Crippen molar-refractivity contribution in [2.75, 3.05) is 13.1 Å². The molecule has 1 heterocycles. The molecule has 2 rings (SSSR count). The molecular formula is C19H28N2O5S. The van der Waals surface area contributed by atoms with Crippen molar-refractivity contribution in [2.45, 2.75) is 44.9 Å². The predicted molar refractivity (Wildman–Crippen MR) is 102 cm³/mol. The summed E-state index contributed by atoms with van der Waals surface area (Å²) in [7, 11) is -3.53. The molecule has 1 aromatic rings. The van der Waals surface area contributed by atoms with Crippen LogP contribution in [0.15, 0.2) is 30.3 Å². The number of benzene rings is 1. The number of piperidine rings is 1. The lowest BCUT2D eigenvalue weighted by Gasteiger charge is -2.32. The van der Waals surface area contributed by atoms with Gasteiger partial charge in [-0.05, 0) is 24.3 Å². The van der Waals surface area contributed by atoms with E-state index >= 15 is 0 Å². The third kappa shape index (κ3) is 5.77. The van der Waals surface area contributed by atoms with Gasteiger partial charge >= 0.3 is 5.97 Å². The van der Waals surface area contributed by atoms with E-state index in [9.17, 15) is 23.1 Å². The van der Waals surface area contributed by atoms with E-state index < -0.39 is 28.0 Å². The third-order valence-electron chi connectivity index (χ3n) is 5.12. The highest BCUT2D eigenvalue weighted by Crippen LogP contribution is 2.22. The van der Waals surface area contributed by atoms with Gasteiger partial charge in [0, 0.05) is 13.1 Å². The molecule has 27 heavy (non-hydrogen) atoms. The Hall–Kier alpha value is -1.93. The van der Waals surface area contributed by atoms with Crippen LogP contribution in [-0.2, 0) is 25.4 Å². The number of carboxylic acids is 1. The number of carbonyl (C=O) groups is 2. The Morgan fingerprint density at radius 2 is 1.96 bits per heavy atom. The molecule has 0 spiro atoms. The predicted octanol–water partition coefficient (Wildman–Crippen LogP) is 1.84. The van der Waals surface area contributed by atoms with E-state index in [0.717, 1.165) is 0 Å². The van der Waals surface area contributed by atoms with E-state index in [0.29, 0.717) is 31.4 Å². The van der Waals surface area contributed by atoms with E-state index in [1.165, 1.54) is 4.31 Å². The van der Waals surface area contributed by atoms with E-state index in [-0.39, 0.29) is 24.1 Å². The number of aliphatic carboxylic acids is 1. The van der Waals surface area contributed by atoms with E-state index in [4.69, 9.17) is 0 Å². The van der Waals surface area contributed by atoms with Gasteiger partial charge in [-0.25, -0.2) is 17.5 Å². The maximum atomic E-state index is 12.7. The van der Waals surface area contributed by atoms with Gasteiger partial charge in [-0.1, -0.05) is 50.6 Å². The molecule has 0 aromatic heterocycles. The summed E-state index contributed by atoms with van der Waals surface area (Å²) in [6.45, 7) is 4.11. The molecule has 1 saturated heterocycles. The fraction of sp³-hybridized carbons (Fsp3) is 0.579. The lowest BCUT2D eigenvalue weighted by atomic mass is 9.95. The average molecular weight is 397 g/mol. The monoisotopic (exact) mass is 396 g/mol. The zero-order chi connectivity index (χ0) is 20.0. The van der Waals surface area contributed by atoms with Crippen LogP contribution >= 0.6 is 0 Å². The van der Waals surface area contributed by atoms with Crippen molar-refractivity contribution in [2.24, 2.45) is 11.8 Å². The van der Waals surface area contributed by atoms with Crippen molar-refractivity contribution in [1.29, 1.82) is 0 Å². The number of sulfonamides is 1. The molecule has 1 aromatic carbocycles. The molecule has 1 fully saturated rings. The highest BCUT2D eigenvalue weighted by atomic mass is 32.2. The first-order chi connectivity index (χ1) is 12.7. The molecule has 150 valence electrons. The molecule has 1 aliphatic rings. The van der Waals surface area contributed by atoms with Gasteiger partial charge in [-0.15, -0.1) is 0 Å². The number of amides is 1. The number of carboxylic acid groups (broad SMARTS) is 1. The molecule has 0 radical (unpaired) electrons. The van der Waals surface area contributed by atoms with Crippen LogP contribution in [0.1, 0.15) is 38.7 Å². The van der Waals surface area contributed by atoms with Crippen LogP contribution in [-0.4, -0.2) is 48.8 Å². The van der Waals surface area contributed by atoms with E-state index in [2.05, 4.69) is 5.32 Å². The van der Waals surface area contributed by atoms with Gasteiger partial charge in [0.25, 0.3) is 0 Å². The van der Waals surface area contributed by atoms with Gasteiger partial charge in [0.05, 0.1) is 11.7 Å². The summed E-state index contributed by atoms with van der Waals surface area (Å²) in [5, 5.41) is 11.9. The highest BCUT2D eigenvalue weighted by Gasteiger charge is 2.34. The fourth-order valence-corrected chi connectivity index (χ4v) is 4.85. The largest absolute Gasteiger partial charge is 0.480 e. The van der Waals surface area contributed by atoms with Crippen molar-refractivity contribution < 1.29 is 23.1 Å². The molecule has 3 atom stereocenters. The van der Waals surface area contributed by atoms with Crippen molar-refractivity contribution in [3.05, 3.63) is 35.9 Å². The molecule has 1 amide bonds. The second-order valence-electron chi connectivity index (χ2n) is 7.15. The van der Waals surface area contributed by atoms with Crippen molar-refractivity contribution in [3.8, 4) is 0 Å². The Bertz CT molecular complexity index is 751. The summed E-state index contributed by atoms with van der Waals surface area (Å²) < 4.78 is 26.8. The second-order valence-corrected chi connectivity index (χ2v) is 9.12. The topological polar surface area (TPSA) is 104 Å². The summed E-state index contributed by atoms with van der Waals surface area (Å²) in [4.78, 5) is 24.0. The zero-order valence-corrected chi connectivity index (χ0v) is 16.6. The molecule has 0 aliphatic carbocycles. The van der Waals surface area contributed by atoms with Crippen LogP contribution in [0, 0.1) is 11.8 Å². The van der Waals surface area contributed by atoms with E-state index in [1.807, 2.05) is 13.0 Å². The van der Waals surface area contributed by atoms with Crippen molar-refractivity contribution >= 4 is 21.9 Å². The minimum atomic E-state index is -3.53. The first-order valence-corrected chi connectivity index (χ1v) is 10.9. The van der Waals surface area contributed by atoms with Gasteiger partial charge in [0.2, 0.25) is 15.9 Å². The number of rotatable bonds is 8. The maximum Gasteiger partial charge on any atom is 0.326 e. The Morgan fingerprint density at radius 1 is 1.30 bits per heavy atom. The quantitative estimate of drug-likeness (QED) is 0.698. The summed E-state index contributed by atoms with van der Waals surface area (Å²) >= 11 is 0. The van der Waals surface area contributed by atoms with Crippen LogP contribution in [0.2, 0.25) is 0 Å². The molecule has 1 aliphatic heterocycles. The van der Waals surface area contributed by atoms with Gasteiger partial charge in [0.15, 0.2) is 0 Å².